The zero-order chi connectivity index (χ0) is 21.1. The minimum absolute atomic E-state index is 0.180. The van der Waals surface area contributed by atoms with Crippen molar-refractivity contribution in [1.82, 2.24) is 0 Å². The highest BCUT2D eigenvalue weighted by molar-refractivity contribution is 6.32. The zero-order valence-electron chi connectivity index (χ0n) is 16.3. The molecule has 1 aliphatic heterocycles. The summed E-state index contributed by atoms with van der Waals surface area (Å²) in [6, 6.07) is 19.7. The molecule has 5 nitrogen and oxygen atoms in total. The molecular weight excluding hydrogens is 400 g/mol. The highest BCUT2D eigenvalue weighted by Gasteiger charge is 2.27. The van der Waals surface area contributed by atoms with Gasteiger partial charge in [-0.05, 0) is 55.0 Å². The van der Waals surface area contributed by atoms with Gasteiger partial charge in [-0.1, -0.05) is 41.9 Å². The lowest BCUT2D eigenvalue weighted by Gasteiger charge is -2.19. The molecule has 1 N–H and O–H groups in total. The van der Waals surface area contributed by atoms with Crippen LogP contribution in [0.2, 0.25) is 5.02 Å². The minimum atomic E-state index is -0.326. The highest BCUT2D eigenvalue weighted by atomic mass is 35.5. The normalized spacial score (nSPS) is 12.7. The first kappa shape index (κ1) is 19.7. The molecule has 3 aromatic rings. The molecule has 0 saturated carbocycles. The Kier molecular flexibility index (Phi) is 5.55. The molecule has 30 heavy (non-hydrogen) atoms. The zero-order valence-corrected chi connectivity index (χ0v) is 17.0. The van der Waals surface area contributed by atoms with Gasteiger partial charge in [-0.25, -0.2) is 0 Å². The van der Waals surface area contributed by atoms with Crippen molar-refractivity contribution in [3.63, 3.8) is 0 Å². The Morgan fingerprint density at radius 3 is 2.63 bits per heavy atom. The van der Waals surface area contributed by atoms with Crippen LogP contribution in [0, 0.1) is 0 Å². The van der Waals surface area contributed by atoms with Gasteiger partial charge < -0.3 is 15.0 Å². The van der Waals surface area contributed by atoms with E-state index in [2.05, 4.69) is 5.32 Å². The van der Waals surface area contributed by atoms with E-state index in [-0.39, 0.29) is 11.8 Å². The number of carbonyl (C=O) groups excluding carboxylic acids is 2. The summed E-state index contributed by atoms with van der Waals surface area (Å²) in [5, 5.41) is 3.35. The van der Waals surface area contributed by atoms with Crippen LogP contribution in [0.25, 0.3) is 6.08 Å². The number of anilines is 2. The van der Waals surface area contributed by atoms with Crippen molar-refractivity contribution in [1.29, 1.82) is 0 Å². The summed E-state index contributed by atoms with van der Waals surface area (Å²) in [7, 11) is 0. The summed E-state index contributed by atoms with van der Waals surface area (Å²) >= 11 is 6.11. The third-order valence-electron chi connectivity index (χ3n) is 4.73. The number of benzene rings is 3. The van der Waals surface area contributed by atoms with Crippen molar-refractivity contribution < 1.29 is 14.3 Å². The highest BCUT2D eigenvalue weighted by Crippen LogP contribution is 2.39. The molecule has 3 aromatic carbocycles. The van der Waals surface area contributed by atoms with Gasteiger partial charge in [0, 0.05) is 23.3 Å². The molecule has 0 saturated heterocycles. The van der Waals surface area contributed by atoms with E-state index in [1.54, 1.807) is 35.2 Å². The van der Waals surface area contributed by atoms with Crippen molar-refractivity contribution in [2.75, 3.05) is 16.8 Å². The number of halogens is 1. The average Bonchev–Trinajstić information content (AvgIpc) is 2.87. The minimum Gasteiger partial charge on any atom is -0.454 e. The lowest BCUT2D eigenvalue weighted by molar-refractivity contribution is -0.111. The van der Waals surface area contributed by atoms with E-state index in [1.165, 1.54) is 6.08 Å². The number of carbonyl (C=O) groups is 2. The van der Waals surface area contributed by atoms with E-state index in [0.717, 1.165) is 11.3 Å². The fourth-order valence-electron chi connectivity index (χ4n) is 3.28. The van der Waals surface area contributed by atoms with Crippen LogP contribution < -0.4 is 15.0 Å². The molecule has 4 rings (SSSR count). The predicted molar refractivity (Wildman–Crippen MR) is 119 cm³/mol. The van der Waals surface area contributed by atoms with E-state index in [1.807, 2.05) is 49.4 Å². The van der Waals surface area contributed by atoms with Crippen LogP contribution in [-0.4, -0.2) is 18.4 Å². The van der Waals surface area contributed by atoms with Crippen molar-refractivity contribution in [2.45, 2.75) is 6.92 Å². The molecule has 0 unspecified atom stereocenters. The summed E-state index contributed by atoms with van der Waals surface area (Å²) < 4.78 is 5.98. The van der Waals surface area contributed by atoms with Gasteiger partial charge in [0.25, 0.3) is 5.91 Å². The fraction of sp³-hybridized carbons (Fsp3) is 0.0833. The smallest absolute Gasteiger partial charge is 0.262 e. The molecule has 150 valence electrons. The fourth-order valence-corrected chi connectivity index (χ4v) is 3.48. The first-order chi connectivity index (χ1) is 14.6. The van der Waals surface area contributed by atoms with Gasteiger partial charge >= 0.3 is 0 Å². The van der Waals surface area contributed by atoms with Gasteiger partial charge in [0.05, 0.1) is 11.3 Å². The molecule has 6 heteroatoms. The van der Waals surface area contributed by atoms with Crippen molar-refractivity contribution in [2.24, 2.45) is 0 Å². The Labute approximate surface area is 179 Å². The van der Waals surface area contributed by atoms with Crippen LogP contribution >= 0.6 is 11.6 Å². The Morgan fingerprint density at radius 2 is 1.83 bits per heavy atom. The quantitative estimate of drug-likeness (QED) is 0.547. The predicted octanol–water partition coefficient (Wildman–Crippen LogP) is 5.76. The molecule has 1 aliphatic rings. The van der Waals surface area contributed by atoms with Gasteiger partial charge in [0.15, 0.2) is 5.75 Å². The molecular formula is C24H19ClN2O3. The Bertz CT molecular complexity index is 1160. The number of fused-ring (bicyclic) bond motifs is 2. The molecule has 0 fully saturated rings. The summed E-state index contributed by atoms with van der Waals surface area (Å²) in [4.78, 5) is 27.1. The standard InChI is InChI=1S/C24H19ClN2O3/c1-2-27-20-9-5-6-10-22(20)30-21-13-12-17(15-18(21)24(27)29)26-23(28)14-11-16-7-3-4-8-19(16)25/h3-15H,2H2,1H3,(H,26,28)/b14-11+. The summed E-state index contributed by atoms with van der Waals surface area (Å²) in [6.45, 7) is 2.40. The second-order valence-electron chi connectivity index (χ2n) is 6.67. The van der Waals surface area contributed by atoms with Crippen molar-refractivity contribution in [3.8, 4) is 11.5 Å². The SMILES string of the molecule is CCN1C(=O)c2cc(NC(=O)/C=C/c3ccccc3Cl)ccc2Oc2ccccc21. The summed E-state index contributed by atoms with van der Waals surface area (Å²) in [6.07, 6.45) is 3.05. The maximum atomic E-state index is 13.1. The van der Waals surface area contributed by atoms with Crippen molar-refractivity contribution >= 4 is 40.9 Å². The number of para-hydroxylation sites is 2. The number of nitrogens with zero attached hydrogens (tertiary/aromatic N) is 1. The number of hydrogen-bond donors (Lipinski definition) is 1. The number of nitrogens with one attached hydrogen (secondary N) is 1. The molecule has 1 heterocycles. The van der Waals surface area contributed by atoms with Gasteiger partial charge in [0.2, 0.25) is 5.91 Å². The first-order valence-electron chi connectivity index (χ1n) is 9.53. The van der Waals surface area contributed by atoms with Gasteiger partial charge in [-0.15, -0.1) is 0 Å². The van der Waals surface area contributed by atoms with E-state index in [0.29, 0.717) is 34.3 Å². The number of amides is 2. The largest absolute Gasteiger partial charge is 0.454 e. The topological polar surface area (TPSA) is 58.6 Å². The van der Waals surface area contributed by atoms with Crippen LogP contribution in [-0.2, 0) is 4.79 Å². The third kappa shape index (κ3) is 3.93. The maximum absolute atomic E-state index is 13.1. The van der Waals surface area contributed by atoms with E-state index in [9.17, 15) is 9.59 Å². The molecule has 2 amide bonds. The summed E-state index contributed by atoms with van der Waals surface area (Å²) in [5.41, 5.74) is 2.35. The van der Waals surface area contributed by atoms with Gasteiger partial charge in [-0.2, -0.15) is 0 Å². The van der Waals surface area contributed by atoms with Gasteiger partial charge in [-0.3, -0.25) is 9.59 Å². The van der Waals surface area contributed by atoms with Gasteiger partial charge in [0.1, 0.15) is 5.75 Å². The second-order valence-corrected chi connectivity index (χ2v) is 7.08. The lowest BCUT2D eigenvalue weighted by Crippen LogP contribution is -2.29. The molecule has 0 radical (unpaired) electrons. The molecule has 0 spiro atoms. The van der Waals surface area contributed by atoms with Crippen LogP contribution in [0.15, 0.2) is 72.8 Å². The van der Waals surface area contributed by atoms with Crippen molar-refractivity contribution in [3.05, 3.63) is 89.0 Å². The number of hydrogen-bond acceptors (Lipinski definition) is 3. The van der Waals surface area contributed by atoms with Crippen LogP contribution in [0.3, 0.4) is 0 Å². The average molecular weight is 419 g/mol. The monoisotopic (exact) mass is 418 g/mol. The molecule has 0 aromatic heterocycles. The first-order valence-corrected chi connectivity index (χ1v) is 9.91. The molecule has 0 bridgehead atoms. The maximum Gasteiger partial charge on any atom is 0.262 e. The van der Waals surface area contributed by atoms with Crippen LogP contribution in [0.4, 0.5) is 11.4 Å². The number of ether oxygens (including phenoxy) is 1. The number of rotatable bonds is 4. The molecule has 0 aliphatic carbocycles. The Hall–Kier alpha value is -3.57. The molecule has 0 atom stereocenters. The van der Waals surface area contributed by atoms with E-state index < -0.39 is 0 Å². The van der Waals surface area contributed by atoms with Crippen LogP contribution in [0.1, 0.15) is 22.8 Å². The Morgan fingerprint density at radius 1 is 1.07 bits per heavy atom. The van der Waals surface area contributed by atoms with E-state index in [4.69, 9.17) is 16.3 Å². The van der Waals surface area contributed by atoms with Crippen LogP contribution in [0.5, 0.6) is 11.5 Å². The Balaban J connectivity index is 1.58. The summed E-state index contributed by atoms with van der Waals surface area (Å²) in [5.74, 6) is 0.562. The lowest BCUT2D eigenvalue weighted by atomic mass is 10.1. The second kappa shape index (κ2) is 8.43. The third-order valence-corrected chi connectivity index (χ3v) is 5.08. The van der Waals surface area contributed by atoms with E-state index >= 15 is 0 Å².